The molecule has 4 rings (SSSR count). The highest BCUT2D eigenvalue weighted by molar-refractivity contribution is 7.22. The second kappa shape index (κ2) is 7.39. The van der Waals surface area contributed by atoms with Gasteiger partial charge < -0.3 is 15.5 Å². The van der Waals surface area contributed by atoms with Gasteiger partial charge in [-0.3, -0.25) is 14.0 Å². The van der Waals surface area contributed by atoms with Gasteiger partial charge in [-0.2, -0.15) is 5.10 Å². The van der Waals surface area contributed by atoms with Gasteiger partial charge in [-0.15, -0.1) is 11.3 Å². The minimum atomic E-state index is -1.35. The largest absolute Gasteiger partial charge is 0.393 e. The molecule has 29 heavy (non-hydrogen) atoms. The Morgan fingerprint density at radius 3 is 2.83 bits per heavy atom. The summed E-state index contributed by atoms with van der Waals surface area (Å²) in [6, 6.07) is 3.33. The number of aliphatic hydroxyl groups excluding tert-OH is 1. The molecule has 3 heterocycles. The van der Waals surface area contributed by atoms with Gasteiger partial charge in [0.1, 0.15) is 17.7 Å². The van der Waals surface area contributed by atoms with E-state index >= 15 is 0 Å². The third-order valence-corrected chi connectivity index (χ3v) is 6.39. The number of nitrogens with one attached hydrogen (secondary N) is 1. The van der Waals surface area contributed by atoms with Gasteiger partial charge in [0, 0.05) is 6.04 Å². The summed E-state index contributed by atoms with van der Waals surface area (Å²) in [4.78, 5) is 25.5. The van der Waals surface area contributed by atoms with Gasteiger partial charge in [0.2, 0.25) is 5.91 Å². The van der Waals surface area contributed by atoms with Gasteiger partial charge in [-0.25, -0.2) is 4.68 Å². The fourth-order valence-electron chi connectivity index (χ4n) is 3.89. The fourth-order valence-corrected chi connectivity index (χ4v) is 5.05. The van der Waals surface area contributed by atoms with Gasteiger partial charge in [0.25, 0.3) is 5.56 Å². The normalized spacial score (nSPS) is 20.4. The van der Waals surface area contributed by atoms with Crippen molar-refractivity contribution in [3.63, 3.8) is 0 Å². The molecule has 3 N–H and O–H groups in total. The van der Waals surface area contributed by atoms with Crippen LogP contribution >= 0.6 is 22.9 Å². The molecular weight excluding hydrogens is 416 g/mol. The lowest BCUT2D eigenvalue weighted by atomic mass is 9.93. The number of carbonyl (C=O) groups excluding carboxylic acids is 1. The molecule has 0 radical (unpaired) electrons. The molecule has 0 unspecified atom stereocenters. The predicted octanol–water partition coefficient (Wildman–Crippen LogP) is 2.01. The summed E-state index contributed by atoms with van der Waals surface area (Å²) in [7, 11) is 0. The first-order valence-electron chi connectivity index (χ1n) is 9.55. The number of carbonyl (C=O) groups is 1. The lowest BCUT2D eigenvalue weighted by molar-refractivity contribution is -0.123. The number of thiophene rings is 1. The number of rotatable bonds is 4. The predicted molar refractivity (Wildman–Crippen MR) is 111 cm³/mol. The molecule has 3 aromatic heterocycles. The van der Waals surface area contributed by atoms with Crippen molar-refractivity contribution in [3.05, 3.63) is 32.6 Å². The van der Waals surface area contributed by atoms with E-state index in [0.717, 1.165) is 28.6 Å². The second-order valence-corrected chi connectivity index (χ2v) is 9.81. The first-order chi connectivity index (χ1) is 13.6. The Kier molecular flexibility index (Phi) is 5.18. The Hall–Kier alpha value is -1.94. The Morgan fingerprint density at radius 2 is 2.14 bits per heavy atom. The van der Waals surface area contributed by atoms with Crippen molar-refractivity contribution in [2.75, 3.05) is 0 Å². The molecule has 2 atom stereocenters. The SMILES string of the molecule is CC(C)(O)c1nn(CC(=O)N[C@@H]2CCC[C@@H](O)C2)c(=O)c2cc3sc(Cl)cc3n12. The van der Waals surface area contributed by atoms with Crippen molar-refractivity contribution >= 4 is 44.6 Å². The summed E-state index contributed by atoms with van der Waals surface area (Å²) in [6.45, 7) is 2.89. The number of aliphatic hydroxyl groups is 2. The zero-order chi connectivity index (χ0) is 20.9. The van der Waals surface area contributed by atoms with Gasteiger partial charge in [0.15, 0.2) is 5.82 Å². The van der Waals surface area contributed by atoms with Crippen LogP contribution in [0.5, 0.6) is 0 Å². The van der Waals surface area contributed by atoms with E-state index in [1.165, 1.54) is 11.3 Å². The average Bonchev–Trinajstić information content (AvgIpc) is 3.13. The van der Waals surface area contributed by atoms with Crippen LogP contribution in [-0.4, -0.2) is 42.4 Å². The van der Waals surface area contributed by atoms with E-state index in [4.69, 9.17) is 11.6 Å². The van der Waals surface area contributed by atoms with E-state index in [2.05, 4.69) is 10.4 Å². The number of hydrogen-bond donors (Lipinski definition) is 3. The van der Waals surface area contributed by atoms with Gasteiger partial charge in [0.05, 0.1) is 20.7 Å². The minimum Gasteiger partial charge on any atom is -0.393 e. The summed E-state index contributed by atoms with van der Waals surface area (Å²) in [5.41, 5.74) is -0.741. The standard InChI is InChI=1S/C19H23ClN4O4S/c1-19(2,28)18-22-23(9-16(26)21-10-4-3-5-11(25)6-10)17(27)13-7-14-12(24(13)18)8-15(20)29-14/h7-8,10-11,25,28H,3-6,9H2,1-2H3,(H,21,26)/t10-,11-/m1/s1. The summed E-state index contributed by atoms with van der Waals surface area (Å²) >= 11 is 7.44. The topological polar surface area (TPSA) is 109 Å². The molecule has 0 aliphatic heterocycles. The van der Waals surface area contributed by atoms with Crippen LogP contribution in [0.2, 0.25) is 4.34 Å². The highest BCUT2D eigenvalue weighted by Gasteiger charge is 2.27. The molecule has 1 aliphatic rings. The number of amides is 1. The maximum atomic E-state index is 13.0. The van der Waals surface area contributed by atoms with Crippen LogP contribution in [0.25, 0.3) is 15.7 Å². The van der Waals surface area contributed by atoms with Gasteiger partial charge >= 0.3 is 0 Å². The minimum absolute atomic E-state index is 0.111. The number of fused-ring (bicyclic) bond motifs is 3. The molecule has 0 spiro atoms. The molecular formula is C19H23ClN4O4S. The molecule has 10 heteroatoms. The van der Waals surface area contributed by atoms with E-state index < -0.39 is 17.3 Å². The first kappa shape index (κ1) is 20.3. The van der Waals surface area contributed by atoms with E-state index in [1.807, 2.05) is 0 Å². The fraction of sp³-hybridized carbons (Fsp3) is 0.526. The molecule has 0 saturated heterocycles. The van der Waals surface area contributed by atoms with Gasteiger partial charge in [-0.1, -0.05) is 11.6 Å². The number of nitrogens with zero attached hydrogens (tertiary/aromatic N) is 3. The number of aromatic nitrogens is 3. The van der Waals surface area contributed by atoms with E-state index in [9.17, 15) is 19.8 Å². The lowest BCUT2D eigenvalue weighted by Crippen LogP contribution is -2.43. The van der Waals surface area contributed by atoms with E-state index in [0.29, 0.717) is 21.8 Å². The molecule has 1 aliphatic carbocycles. The van der Waals surface area contributed by atoms with Crippen LogP contribution in [0.15, 0.2) is 16.9 Å². The zero-order valence-corrected chi connectivity index (χ0v) is 17.8. The summed E-state index contributed by atoms with van der Waals surface area (Å²) in [5, 5.41) is 27.6. The third-order valence-electron chi connectivity index (χ3n) is 5.19. The lowest BCUT2D eigenvalue weighted by Gasteiger charge is -2.26. The van der Waals surface area contributed by atoms with Crippen LogP contribution in [0.3, 0.4) is 0 Å². The van der Waals surface area contributed by atoms with Crippen molar-refractivity contribution in [2.24, 2.45) is 0 Å². The highest BCUT2D eigenvalue weighted by atomic mass is 35.5. The van der Waals surface area contributed by atoms with Crippen molar-refractivity contribution in [3.8, 4) is 0 Å². The monoisotopic (exact) mass is 438 g/mol. The summed E-state index contributed by atoms with van der Waals surface area (Å²) in [6.07, 6.45) is 2.50. The van der Waals surface area contributed by atoms with E-state index in [1.54, 1.807) is 30.4 Å². The Balaban J connectivity index is 1.72. The van der Waals surface area contributed by atoms with Crippen molar-refractivity contribution in [2.45, 2.75) is 63.8 Å². The average molecular weight is 439 g/mol. The molecule has 1 amide bonds. The molecule has 8 nitrogen and oxygen atoms in total. The smallest absolute Gasteiger partial charge is 0.291 e. The molecule has 1 saturated carbocycles. The molecule has 1 fully saturated rings. The number of halogens is 1. The van der Waals surface area contributed by atoms with Crippen LogP contribution in [0.1, 0.15) is 45.4 Å². The molecule has 0 aromatic carbocycles. The quantitative estimate of drug-likeness (QED) is 0.577. The first-order valence-corrected chi connectivity index (χ1v) is 10.7. The van der Waals surface area contributed by atoms with Crippen LogP contribution in [-0.2, 0) is 16.9 Å². The van der Waals surface area contributed by atoms with Crippen LogP contribution in [0.4, 0.5) is 0 Å². The highest BCUT2D eigenvalue weighted by Crippen LogP contribution is 2.33. The Morgan fingerprint density at radius 1 is 1.38 bits per heavy atom. The molecule has 156 valence electrons. The second-order valence-electron chi connectivity index (χ2n) is 8.10. The summed E-state index contributed by atoms with van der Waals surface area (Å²) < 4.78 is 4.07. The Bertz CT molecular complexity index is 1140. The van der Waals surface area contributed by atoms with Crippen LogP contribution < -0.4 is 10.9 Å². The molecule has 3 aromatic rings. The van der Waals surface area contributed by atoms with Gasteiger partial charge in [-0.05, 0) is 51.7 Å². The number of hydrogen-bond acceptors (Lipinski definition) is 6. The third kappa shape index (κ3) is 3.92. The van der Waals surface area contributed by atoms with Crippen LogP contribution in [0, 0.1) is 0 Å². The van der Waals surface area contributed by atoms with Crippen molar-refractivity contribution in [1.29, 1.82) is 0 Å². The van der Waals surface area contributed by atoms with Crippen molar-refractivity contribution < 1.29 is 15.0 Å². The Labute approximate surface area is 175 Å². The molecule has 0 bridgehead atoms. The summed E-state index contributed by atoms with van der Waals surface area (Å²) in [5.74, 6) is -0.0985. The zero-order valence-electron chi connectivity index (χ0n) is 16.2. The maximum Gasteiger partial charge on any atom is 0.291 e. The van der Waals surface area contributed by atoms with Crippen molar-refractivity contribution in [1.82, 2.24) is 19.5 Å². The van der Waals surface area contributed by atoms with E-state index in [-0.39, 0.29) is 24.3 Å². The maximum absolute atomic E-state index is 13.0.